The molecule has 20 heavy (non-hydrogen) atoms. The van der Waals surface area contributed by atoms with Crippen molar-refractivity contribution < 1.29 is 13.5 Å². The Morgan fingerprint density at radius 1 is 1.10 bits per heavy atom. The molecule has 0 amide bonds. The zero-order chi connectivity index (χ0) is 14.4. The summed E-state index contributed by atoms with van der Waals surface area (Å²) in [6.07, 6.45) is 0. The van der Waals surface area contributed by atoms with E-state index in [0.717, 1.165) is 23.3 Å². The highest BCUT2D eigenvalue weighted by Gasteiger charge is 2.05. The summed E-state index contributed by atoms with van der Waals surface area (Å²) in [6, 6.07) is 10.6. The Morgan fingerprint density at radius 3 is 2.70 bits per heavy atom. The first-order valence-corrected chi connectivity index (χ1v) is 6.05. The van der Waals surface area contributed by atoms with Crippen LogP contribution < -0.4 is 10.5 Å². The average molecular weight is 273 g/mol. The molecule has 2 aromatic carbocycles. The van der Waals surface area contributed by atoms with Gasteiger partial charge in [-0.25, -0.2) is 8.78 Å². The van der Waals surface area contributed by atoms with Crippen LogP contribution in [0.5, 0.6) is 5.75 Å². The number of nitrogens with two attached hydrogens (primary N) is 1. The van der Waals surface area contributed by atoms with E-state index in [1.807, 2.05) is 24.3 Å². The van der Waals surface area contributed by atoms with Crippen molar-refractivity contribution in [3.05, 3.63) is 65.2 Å². The highest BCUT2D eigenvalue weighted by atomic mass is 19.1. The second kappa shape index (κ2) is 6.69. The standard InChI is InChI=1S/C16H13F2NO/c17-14-6-7-16(15(18)10-14)20-11-13-4-1-3-12(9-13)5-2-8-19/h1,3-4,6-7,9-10H,8,11,19H2. The molecule has 0 heterocycles. The van der Waals surface area contributed by atoms with Crippen molar-refractivity contribution in [3.8, 4) is 17.6 Å². The molecule has 2 nitrogen and oxygen atoms in total. The van der Waals surface area contributed by atoms with Crippen molar-refractivity contribution >= 4 is 0 Å². The highest BCUT2D eigenvalue weighted by Crippen LogP contribution is 2.19. The van der Waals surface area contributed by atoms with Gasteiger partial charge in [0.2, 0.25) is 0 Å². The zero-order valence-electron chi connectivity index (χ0n) is 10.7. The molecule has 0 unspecified atom stereocenters. The Bertz CT molecular complexity index is 659. The number of rotatable bonds is 3. The Morgan fingerprint density at radius 2 is 1.95 bits per heavy atom. The van der Waals surface area contributed by atoms with Crippen molar-refractivity contribution in [2.75, 3.05) is 6.54 Å². The lowest BCUT2D eigenvalue weighted by Gasteiger charge is -2.07. The van der Waals surface area contributed by atoms with Gasteiger partial charge in [-0.3, -0.25) is 0 Å². The van der Waals surface area contributed by atoms with Crippen LogP contribution in [0.15, 0.2) is 42.5 Å². The first kappa shape index (κ1) is 14.0. The molecule has 0 atom stereocenters. The number of hydrogen-bond acceptors (Lipinski definition) is 2. The predicted molar refractivity (Wildman–Crippen MR) is 73.1 cm³/mol. The van der Waals surface area contributed by atoms with Gasteiger partial charge >= 0.3 is 0 Å². The lowest BCUT2D eigenvalue weighted by Crippen LogP contribution is -1.98. The van der Waals surface area contributed by atoms with Gasteiger partial charge in [0, 0.05) is 11.6 Å². The third-order valence-electron chi connectivity index (χ3n) is 2.55. The summed E-state index contributed by atoms with van der Waals surface area (Å²) in [5, 5.41) is 0. The molecule has 0 aliphatic rings. The average Bonchev–Trinajstić information content (AvgIpc) is 2.45. The van der Waals surface area contributed by atoms with E-state index in [-0.39, 0.29) is 12.4 Å². The molecule has 4 heteroatoms. The molecule has 0 saturated heterocycles. The predicted octanol–water partition coefficient (Wildman–Crippen LogP) is 2.85. The molecular weight excluding hydrogens is 260 g/mol. The number of ether oxygens (including phenoxy) is 1. The van der Waals surface area contributed by atoms with E-state index in [9.17, 15) is 8.78 Å². The first-order chi connectivity index (χ1) is 9.69. The molecule has 0 fully saturated rings. The quantitative estimate of drug-likeness (QED) is 0.873. The smallest absolute Gasteiger partial charge is 0.167 e. The Balaban J connectivity index is 2.07. The molecule has 2 N–H and O–H groups in total. The summed E-state index contributed by atoms with van der Waals surface area (Å²) in [6.45, 7) is 0.474. The lowest BCUT2D eigenvalue weighted by molar-refractivity contribution is 0.289. The largest absolute Gasteiger partial charge is 0.486 e. The van der Waals surface area contributed by atoms with Crippen LogP contribution in [0.25, 0.3) is 0 Å². The summed E-state index contributed by atoms with van der Waals surface area (Å²) < 4.78 is 31.5. The van der Waals surface area contributed by atoms with E-state index in [1.165, 1.54) is 6.07 Å². The summed E-state index contributed by atoms with van der Waals surface area (Å²) in [5.41, 5.74) is 6.97. The molecule has 2 aromatic rings. The van der Waals surface area contributed by atoms with Crippen molar-refractivity contribution in [2.45, 2.75) is 6.61 Å². The third kappa shape index (κ3) is 3.81. The monoisotopic (exact) mass is 273 g/mol. The fourth-order valence-corrected chi connectivity index (χ4v) is 1.65. The van der Waals surface area contributed by atoms with E-state index >= 15 is 0 Å². The van der Waals surface area contributed by atoms with Gasteiger partial charge in [-0.15, -0.1) is 0 Å². The van der Waals surface area contributed by atoms with Crippen LogP contribution in [0.2, 0.25) is 0 Å². The number of halogens is 2. The minimum atomic E-state index is -0.718. The summed E-state index contributed by atoms with van der Waals surface area (Å²) in [4.78, 5) is 0. The molecule has 2 rings (SSSR count). The second-order valence-electron chi connectivity index (χ2n) is 4.07. The molecule has 0 saturated carbocycles. The molecule has 102 valence electrons. The van der Waals surface area contributed by atoms with Gasteiger partial charge in [-0.1, -0.05) is 24.0 Å². The van der Waals surface area contributed by atoms with E-state index in [0.29, 0.717) is 6.54 Å². The van der Waals surface area contributed by atoms with Crippen molar-refractivity contribution in [3.63, 3.8) is 0 Å². The van der Waals surface area contributed by atoms with Crippen LogP contribution in [0.4, 0.5) is 8.78 Å². The summed E-state index contributed by atoms with van der Waals surface area (Å²) >= 11 is 0. The fourth-order valence-electron chi connectivity index (χ4n) is 1.65. The summed E-state index contributed by atoms with van der Waals surface area (Å²) in [5.74, 6) is 4.33. The van der Waals surface area contributed by atoms with Crippen LogP contribution in [0, 0.1) is 23.5 Å². The van der Waals surface area contributed by atoms with Gasteiger partial charge in [-0.2, -0.15) is 0 Å². The van der Waals surface area contributed by atoms with Crippen molar-refractivity contribution in [2.24, 2.45) is 5.73 Å². The third-order valence-corrected chi connectivity index (χ3v) is 2.55. The Hall–Kier alpha value is -2.38. The van der Waals surface area contributed by atoms with Gasteiger partial charge in [-0.05, 0) is 29.8 Å². The van der Waals surface area contributed by atoms with Gasteiger partial charge in [0.05, 0.1) is 6.54 Å². The minimum Gasteiger partial charge on any atom is -0.486 e. The molecular formula is C16H13F2NO. The maximum absolute atomic E-state index is 13.4. The van der Waals surface area contributed by atoms with Crippen LogP contribution in [0.1, 0.15) is 11.1 Å². The van der Waals surface area contributed by atoms with E-state index in [1.54, 1.807) is 0 Å². The SMILES string of the molecule is NCC#Cc1cccc(COc2ccc(F)cc2F)c1. The van der Waals surface area contributed by atoms with Crippen LogP contribution in [-0.2, 0) is 6.61 Å². The minimum absolute atomic E-state index is 0.0184. The second-order valence-corrected chi connectivity index (χ2v) is 4.07. The molecule has 0 aromatic heterocycles. The van der Waals surface area contributed by atoms with E-state index < -0.39 is 11.6 Å². The van der Waals surface area contributed by atoms with Gasteiger partial charge < -0.3 is 10.5 Å². The maximum Gasteiger partial charge on any atom is 0.167 e. The maximum atomic E-state index is 13.4. The van der Waals surface area contributed by atoms with Crippen LogP contribution in [0.3, 0.4) is 0 Å². The molecule has 0 spiro atoms. The van der Waals surface area contributed by atoms with Crippen molar-refractivity contribution in [1.82, 2.24) is 0 Å². The van der Waals surface area contributed by atoms with Gasteiger partial charge in [0.15, 0.2) is 11.6 Å². The lowest BCUT2D eigenvalue weighted by atomic mass is 10.1. The van der Waals surface area contributed by atoms with Gasteiger partial charge in [0.25, 0.3) is 0 Å². The van der Waals surface area contributed by atoms with Crippen LogP contribution >= 0.6 is 0 Å². The summed E-state index contributed by atoms with van der Waals surface area (Å²) in [7, 11) is 0. The number of hydrogen-bond donors (Lipinski definition) is 1. The fraction of sp³-hybridized carbons (Fsp3) is 0.125. The molecule has 0 bridgehead atoms. The molecule has 0 aliphatic carbocycles. The normalized spacial score (nSPS) is 9.75. The van der Waals surface area contributed by atoms with E-state index in [4.69, 9.17) is 10.5 Å². The number of benzene rings is 2. The molecule has 0 radical (unpaired) electrons. The van der Waals surface area contributed by atoms with Gasteiger partial charge in [0.1, 0.15) is 12.4 Å². The Labute approximate surface area is 116 Å². The highest BCUT2D eigenvalue weighted by molar-refractivity contribution is 5.37. The van der Waals surface area contributed by atoms with Crippen LogP contribution in [-0.4, -0.2) is 6.54 Å². The topological polar surface area (TPSA) is 35.2 Å². The zero-order valence-corrected chi connectivity index (χ0v) is 10.7. The van der Waals surface area contributed by atoms with E-state index in [2.05, 4.69) is 11.8 Å². The van der Waals surface area contributed by atoms with Crippen molar-refractivity contribution in [1.29, 1.82) is 0 Å². The molecule has 0 aliphatic heterocycles. The Kier molecular flexibility index (Phi) is 4.70. The first-order valence-electron chi connectivity index (χ1n) is 6.05.